The molecule has 0 fully saturated rings. The van der Waals surface area contributed by atoms with E-state index in [4.69, 9.17) is 0 Å². The summed E-state index contributed by atoms with van der Waals surface area (Å²) in [6, 6.07) is 0. The van der Waals surface area contributed by atoms with Crippen molar-refractivity contribution in [3.8, 4) is 0 Å². The molecule has 0 aliphatic carbocycles. The van der Waals surface area contributed by atoms with Gasteiger partial charge in [0.2, 0.25) is 0 Å². The highest BCUT2D eigenvalue weighted by atomic mass is 16.3. The molecule has 0 aromatic rings. The van der Waals surface area contributed by atoms with Crippen LogP contribution in [-0.2, 0) is 4.79 Å². The molecule has 2 heteroatoms. The maximum atomic E-state index is 11.3. The molecule has 0 rings (SSSR count). The van der Waals surface area contributed by atoms with Gasteiger partial charge in [-0.1, -0.05) is 110 Å². The van der Waals surface area contributed by atoms with E-state index in [0.29, 0.717) is 12.3 Å². The predicted octanol–water partition coefficient (Wildman–Crippen LogP) is 6.42. The number of carbonyl (C=O) groups is 1. The van der Waals surface area contributed by atoms with Crippen LogP contribution in [0.3, 0.4) is 0 Å². The van der Waals surface area contributed by atoms with E-state index in [1.54, 1.807) is 0 Å². The zero-order chi connectivity index (χ0) is 18.0. The first-order chi connectivity index (χ1) is 11.7. The van der Waals surface area contributed by atoms with Gasteiger partial charge < -0.3 is 5.11 Å². The van der Waals surface area contributed by atoms with Crippen molar-refractivity contribution in [2.24, 2.45) is 5.92 Å². The van der Waals surface area contributed by atoms with E-state index in [1.807, 2.05) is 0 Å². The Morgan fingerprint density at radius 3 is 1.79 bits per heavy atom. The minimum absolute atomic E-state index is 0.261. The molecule has 0 spiro atoms. The summed E-state index contributed by atoms with van der Waals surface area (Å²) in [4.78, 5) is 11.3. The molecule has 2 unspecified atom stereocenters. The van der Waals surface area contributed by atoms with Crippen LogP contribution >= 0.6 is 0 Å². The third-order valence-corrected chi connectivity index (χ3v) is 4.96. The number of unbranched alkanes of at least 4 members (excludes halogenated alkanes) is 11. The van der Waals surface area contributed by atoms with Crippen LogP contribution in [0.15, 0.2) is 12.7 Å². The van der Waals surface area contributed by atoms with E-state index in [2.05, 4.69) is 20.4 Å². The molecule has 0 bridgehead atoms. The predicted molar refractivity (Wildman–Crippen MR) is 105 cm³/mol. The lowest BCUT2D eigenvalue weighted by Gasteiger charge is -2.17. The first-order valence-corrected chi connectivity index (χ1v) is 10.3. The molecular weight excluding hydrogens is 296 g/mol. The van der Waals surface area contributed by atoms with Crippen LogP contribution < -0.4 is 0 Å². The molecule has 0 aromatic carbocycles. The number of hydrogen-bond acceptors (Lipinski definition) is 2. The molecule has 0 aliphatic heterocycles. The van der Waals surface area contributed by atoms with Crippen molar-refractivity contribution in [3.63, 3.8) is 0 Å². The van der Waals surface area contributed by atoms with Gasteiger partial charge in [-0.2, -0.15) is 0 Å². The summed E-state index contributed by atoms with van der Waals surface area (Å²) < 4.78 is 0. The zero-order valence-electron chi connectivity index (χ0n) is 16.1. The summed E-state index contributed by atoms with van der Waals surface area (Å²) in [5, 5.41) is 9.76. The Morgan fingerprint density at radius 1 is 0.917 bits per heavy atom. The van der Waals surface area contributed by atoms with Gasteiger partial charge in [0.1, 0.15) is 6.10 Å². The summed E-state index contributed by atoms with van der Waals surface area (Å²) in [5.74, 6) is 0.0927. The van der Waals surface area contributed by atoms with Gasteiger partial charge in [0.25, 0.3) is 0 Å². The Bertz CT molecular complexity index is 298. The molecule has 0 aromatic heterocycles. The van der Waals surface area contributed by atoms with Crippen LogP contribution in [0.25, 0.3) is 0 Å². The molecule has 0 amide bonds. The molecule has 0 saturated heterocycles. The van der Waals surface area contributed by atoms with Gasteiger partial charge >= 0.3 is 0 Å². The van der Waals surface area contributed by atoms with Crippen molar-refractivity contribution < 1.29 is 9.90 Å². The molecule has 0 saturated carbocycles. The fourth-order valence-corrected chi connectivity index (χ4v) is 3.22. The zero-order valence-corrected chi connectivity index (χ0v) is 16.1. The number of rotatable bonds is 18. The summed E-state index contributed by atoms with van der Waals surface area (Å²) in [5.41, 5.74) is 0. The van der Waals surface area contributed by atoms with Gasteiger partial charge in [-0.05, 0) is 18.4 Å². The lowest BCUT2D eigenvalue weighted by molar-refractivity contribution is -0.123. The third-order valence-electron chi connectivity index (χ3n) is 4.96. The topological polar surface area (TPSA) is 37.3 Å². The average Bonchev–Trinajstić information content (AvgIpc) is 2.60. The summed E-state index contributed by atoms with van der Waals surface area (Å²) in [7, 11) is 0. The van der Waals surface area contributed by atoms with E-state index in [-0.39, 0.29) is 5.78 Å². The van der Waals surface area contributed by atoms with E-state index in [0.717, 1.165) is 12.8 Å². The Kier molecular flexibility index (Phi) is 16.7. The lowest BCUT2D eigenvalue weighted by atomic mass is 9.91. The second kappa shape index (κ2) is 17.2. The first-order valence-electron chi connectivity index (χ1n) is 10.3. The minimum Gasteiger partial charge on any atom is -0.385 e. The molecule has 2 nitrogen and oxygen atoms in total. The first kappa shape index (κ1) is 23.4. The summed E-state index contributed by atoms with van der Waals surface area (Å²) in [6.07, 6.45) is 19.0. The van der Waals surface area contributed by atoms with E-state index in [9.17, 15) is 9.90 Å². The van der Waals surface area contributed by atoms with Crippen molar-refractivity contribution >= 4 is 5.78 Å². The molecule has 2 atom stereocenters. The van der Waals surface area contributed by atoms with Gasteiger partial charge in [0.15, 0.2) is 5.78 Å². The van der Waals surface area contributed by atoms with Crippen molar-refractivity contribution in [1.82, 2.24) is 0 Å². The molecule has 24 heavy (non-hydrogen) atoms. The van der Waals surface area contributed by atoms with E-state index >= 15 is 0 Å². The number of hydrogen-bond donors (Lipinski definition) is 1. The monoisotopic (exact) mass is 337 g/mol. The standard InChI is InChI=1S/C22H41O2/c1-4-7-8-9-10-11-12-13-14-15-16-17-18-20(5-2)19-22(24)21(23)6-3/h6,20,22,24H,2-5,7-19H2,1H3. The van der Waals surface area contributed by atoms with E-state index < -0.39 is 6.10 Å². The average molecular weight is 338 g/mol. The quantitative estimate of drug-likeness (QED) is 0.231. The smallest absolute Gasteiger partial charge is 0.183 e. The molecular formula is C22H41O2. The Morgan fingerprint density at radius 2 is 1.38 bits per heavy atom. The van der Waals surface area contributed by atoms with Gasteiger partial charge in [0, 0.05) is 0 Å². The molecule has 0 aliphatic rings. The highest BCUT2D eigenvalue weighted by Crippen LogP contribution is 2.20. The second-order valence-electron chi connectivity index (χ2n) is 7.19. The van der Waals surface area contributed by atoms with Gasteiger partial charge in [-0.3, -0.25) is 4.79 Å². The maximum Gasteiger partial charge on any atom is 0.183 e. The third kappa shape index (κ3) is 13.8. The molecule has 1 radical (unpaired) electrons. The highest BCUT2D eigenvalue weighted by molar-refractivity contribution is 5.92. The molecule has 141 valence electrons. The van der Waals surface area contributed by atoms with Crippen molar-refractivity contribution in [1.29, 1.82) is 0 Å². The molecule has 1 N–H and O–H groups in total. The second-order valence-corrected chi connectivity index (χ2v) is 7.19. The Labute approximate surface area is 151 Å². The minimum atomic E-state index is -0.883. The van der Waals surface area contributed by atoms with Gasteiger partial charge in [-0.25, -0.2) is 0 Å². The lowest BCUT2D eigenvalue weighted by Crippen LogP contribution is -2.21. The number of aliphatic hydroxyl groups excluding tert-OH is 1. The van der Waals surface area contributed by atoms with E-state index in [1.165, 1.54) is 83.1 Å². The molecule has 0 heterocycles. The van der Waals surface area contributed by atoms with Crippen LogP contribution in [0.1, 0.15) is 103 Å². The highest BCUT2D eigenvalue weighted by Gasteiger charge is 2.17. The Balaban J connectivity index is 3.44. The number of ketones is 1. The van der Waals surface area contributed by atoms with Crippen molar-refractivity contribution in [2.45, 2.75) is 109 Å². The summed E-state index contributed by atoms with van der Waals surface area (Å²) in [6.45, 7) is 9.64. The SMILES string of the molecule is [CH2]CC(CCCCCCCCCCCCCC)CC(O)C(=O)C=C. The fourth-order valence-electron chi connectivity index (χ4n) is 3.22. The normalized spacial score (nSPS) is 13.6. The van der Waals surface area contributed by atoms with Crippen LogP contribution in [-0.4, -0.2) is 17.0 Å². The van der Waals surface area contributed by atoms with Crippen LogP contribution in [0, 0.1) is 12.8 Å². The fraction of sp³-hybridized carbons (Fsp3) is 0.818. The van der Waals surface area contributed by atoms with Gasteiger partial charge in [-0.15, -0.1) is 0 Å². The number of aliphatic hydroxyl groups is 1. The Hall–Kier alpha value is -0.630. The van der Waals surface area contributed by atoms with Crippen LogP contribution in [0.4, 0.5) is 0 Å². The summed E-state index contributed by atoms with van der Waals surface area (Å²) >= 11 is 0. The maximum absolute atomic E-state index is 11.3. The van der Waals surface area contributed by atoms with Crippen LogP contribution in [0.2, 0.25) is 0 Å². The van der Waals surface area contributed by atoms with Crippen molar-refractivity contribution in [3.05, 3.63) is 19.6 Å². The van der Waals surface area contributed by atoms with Crippen LogP contribution in [0.5, 0.6) is 0 Å². The van der Waals surface area contributed by atoms with Crippen molar-refractivity contribution in [2.75, 3.05) is 0 Å². The van der Waals surface area contributed by atoms with Gasteiger partial charge in [0.05, 0.1) is 0 Å². The largest absolute Gasteiger partial charge is 0.385 e. The number of carbonyl (C=O) groups excluding carboxylic acids is 1.